The fourth-order valence-electron chi connectivity index (χ4n) is 1.71. The van der Waals surface area contributed by atoms with Gasteiger partial charge >= 0.3 is 5.97 Å². The van der Waals surface area contributed by atoms with Crippen LogP contribution in [-0.2, 0) is 9.59 Å². The molecule has 1 aromatic rings. The van der Waals surface area contributed by atoms with Crippen molar-refractivity contribution in [1.82, 2.24) is 5.32 Å². The second kappa shape index (κ2) is 7.41. The Bertz CT molecular complexity index is 445. The van der Waals surface area contributed by atoms with E-state index in [9.17, 15) is 9.59 Å². The standard InChI is InChI=1S/C14H19NO4/c1-10(11-5-3-6-12(9-11)19-2)15-13(16)7-4-8-14(17)18/h3,5-6,9-10H,4,7-8H2,1-2H3,(H,15,16)(H,17,18)/t10-/m0/s1. The summed E-state index contributed by atoms with van der Waals surface area (Å²) in [6.45, 7) is 1.88. The van der Waals surface area contributed by atoms with Gasteiger partial charge in [-0.05, 0) is 31.0 Å². The Balaban J connectivity index is 2.46. The van der Waals surface area contributed by atoms with Crippen molar-refractivity contribution in [1.29, 1.82) is 0 Å². The molecule has 19 heavy (non-hydrogen) atoms. The van der Waals surface area contributed by atoms with E-state index < -0.39 is 5.97 Å². The zero-order valence-electron chi connectivity index (χ0n) is 11.2. The van der Waals surface area contributed by atoms with Gasteiger partial charge in [-0.2, -0.15) is 0 Å². The third-order valence-electron chi connectivity index (χ3n) is 2.77. The fraction of sp³-hybridized carbons (Fsp3) is 0.429. The van der Waals surface area contributed by atoms with E-state index in [0.717, 1.165) is 11.3 Å². The number of amides is 1. The van der Waals surface area contributed by atoms with Crippen LogP contribution in [0.25, 0.3) is 0 Å². The summed E-state index contributed by atoms with van der Waals surface area (Å²) >= 11 is 0. The van der Waals surface area contributed by atoms with Crippen LogP contribution in [0.1, 0.15) is 37.8 Å². The third kappa shape index (κ3) is 5.42. The number of carboxylic acids is 1. The van der Waals surface area contributed by atoms with Crippen molar-refractivity contribution >= 4 is 11.9 Å². The molecule has 5 nitrogen and oxygen atoms in total. The molecule has 1 atom stereocenters. The average Bonchev–Trinajstić information content (AvgIpc) is 2.38. The summed E-state index contributed by atoms with van der Waals surface area (Å²) in [7, 11) is 1.59. The number of carbonyl (C=O) groups excluding carboxylic acids is 1. The number of aliphatic carboxylic acids is 1. The predicted molar refractivity (Wildman–Crippen MR) is 71.0 cm³/mol. The van der Waals surface area contributed by atoms with Gasteiger partial charge in [0.2, 0.25) is 5.91 Å². The van der Waals surface area contributed by atoms with Gasteiger partial charge in [0.1, 0.15) is 5.75 Å². The summed E-state index contributed by atoms with van der Waals surface area (Å²) in [6.07, 6.45) is 0.591. The van der Waals surface area contributed by atoms with Gasteiger partial charge in [0.25, 0.3) is 0 Å². The lowest BCUT2D eigenvalue weighted by atomic mass is 10.1. The number of methoxy groups -OCH3 is 1. The van der Waals surface area contributed by atoms with Crippen molar-refractivity contribution < 1.29 is 19.4 Å². The van der Waals surface area contributed by atoms with Crippen molar-refractivity contribution in [2.24, 2.45) is 0 Å². The van der Waals surface area contributed by atoms with Crippen LogP contribution in [0.15, 0.2) is 24.3 Å². The van der Waals surface area contributed by atoms with Gasteiger partial charge in [0, 0.05) is 12.8 Å². The first-order valence-electron chi connectivity index (χ1n) is 6.18. The molecule has 0 heterocycles. The topological polar surface area (TPSA) is 75.6 Å². The number of ether oxygens (including phenoxy) is 1. The van der Waals surface area contributed by atoms with E-state index >= 15 is 0 Å². The van der Waals surface area contributed by atoms with Gasteiger partial charge in [0.05, 0.1) is 13.2 Å². The molecule has 2 N–H and O–H groups in total. The quantitative estimate of drug-likeness (QED) is 0.792. The highest BCUT2D eigenvalue weighted by molar-refractivity contribution is 5.77. The van der Waals surface area contributed by atoms with Gasteiger partial charge in [-0.25, -0.2) is 0 Å². The van der Waals surface area contributed by atoms with Crippen LogP contribution in [0.3, 0.4) is 0 Å². The van der Waals surface area contributed by atoms with Crippen LogP contribution in [0.5, 0.6) is 5.75 Å². The van der Waals surface area contributed by atoms with E-state index in [4.69, 9.17) is 9.84 Å². The van der Waals surface area contributed by atoms with Gasteiger partial charge < -0.3 is 15.2 Å². The minimum absolute atomic E-state index is 0.0148. The molecule has 104 valence electrons. The molecule has 1 aromatic carbocycles. The van der Waals surface area contributed by atoms with Crippen LogP contribution in [-0.4, -0.2) is 24.1 Å². The number of carboxylic acid groups (broad SMARTS) is 1. The van der Waals surface area contributed by atoms with E-state index in [1.807, 2.05) is 31.2 Å². The number of hydrogen-bond acceptors (Lipinski definition) is 3. The molecule has 0 saturated heterocycles. The molecule has 0 spiro atoms. The normalized spacial score (nSPS) is 11.7. The average molecular weight is 265 g/mol. The molecule has 0 aliphatic rings. The van der Waals surface area contributed by atoms with Crippen molar-refractivity contribution in [3.8, 4) is 5.75 Å². The van der Waals surface area contributed by atoms with E-state index in [-0.39, 0.29) is 24.8 Å². The molecule has 1 amide bonds. The molecule has 1 rings (SSSR count). The van der Waals surface area contributed by atoms with Crippen LogP contribution in [0, 0.1) is 0 Å². The number of rotatable bonds is 7. The second-order valence-electron chi connectivity index (χ2n) is 4.31. The minimum Gasteiger partial charge on any atom is -0.497 e. The van der Waals surface area contributed by atoms with Crippen molar-refractivity contribution in [3.63, 3.8) is 0 Å². The highest BCUT2D eigenvalue weighted by Crippen LogP contribution is 2.18. The second-order valence-corrected chi connectivity index (χ2v) is 4.31. The van der Waals surface area contributed by atoms with Gasteiger partial charge in [-0.1, -0.05) is 12.1 Å². The Kier molecular flexibility index (Phi) is 5.85. The summed E-state index contributed by atoms with van der Waals surface area (Å²) < 4.78 is 5.12. The highest BCUT2D eigenvalue weighted by atomic mass is 16.5. The Morgan fingerprint density at radius 3 is 2.74 bits per heavy atom. The maximum absolute atomic E-state index is 11.6. The van der Waals surface area contributed by atoms with E-state index in [1.54, 1.807) is 7.11 Å². The lowest BCUT2D eigenvalue weighted by Crippen LogP contribution is -2.26. The SMILES string of the molecule is COc1cccc([C@H](C)NC(=O)CCCC(=O)O)c1. The van der Waals surface area contributed by atoms with Crippen molar-refractivity contribution in [2.75, 3.05) is 7.11 Å². The zero-order chi connectivity index (χ0) is 14.3. The zero-order valence-corrected chi connectivity index (χ0v) is 11.2. The first-order chi connectivity index (χ1) is 9.02. The molecule has 0 saturated carbocycles. The van der Waals surface area contributed by atoms with Crippen LogP contribution in [0.2, 0.25) is 0 Å². The molecular formula is C14H19NO4. The van der Waals surface area contributed by atoms with E-state index in [2.05, 4.69) is 5.32 Å². The molecule has 0 fully saturated rings. The number of hydrogen-bond donors (Lipinski definition) is 2. The Labute approximate surface area is 112 Å². The molecule has 0 aliphatic heterocycles. The van der Waals surface area contributed by atoms with E-state index in [1.165, 1.54) is 0 Å². The summed E-state index contributed by atoms with van der Waals surface area (Å²) in [6, 6.07) is 7.34. The predicted octanol–water partition coefficient (Wildman–Crippen LogP) is 2.13. The molecular weight excluding hydrogens is 246 g/mol. The maximum Gasteiger partial charge on any atom is 0.303 e. The third-order valence-corrected chi connectivity index (χ3v) is 2.77. The lowest BCUT2D eigenvalue weighted by Gasteiger charge is -2.15. The number of carbonyl (C=O) groups is 2. The lowest BCUT2D eigenvalue weighted by molar-refractivity contribution is -0.137. The Morgan fingerprint density at radius 2 is 2.11 bits per heavy atom. The van der Waals surface area contributed by atoms with E-state index in [0.29, 0.717) is 6.42 Å². The van der Waals surface area contributed by atoms with Crippen LogP contribution in [0.4, 0.5) is 0 Å². The van der Waals surface area contributed by atoms with Gasteiger partial charge in [-0.3, -0.25) is 9.59 Å². The van der Waals surface area contributed by atoms with Gasteiger partial charge in [0.15, 0.2) is 0 Å². The summed E-state index contributed by atoms with van der Waals surface area (Å²) in [5, 5.41) is 11.3. The van der Waals surface area contributed by atoms with Crippen LogP contribution < -0.4 is 10.1 Å². The molecule has 0 aromatic heterocycles. The Morgan fingerprint density at radius 1 is 1.37 bits per heavy atom. The largest absolute Gasteiger partial charge is 0.497 e. The fourth-order valence-corrected chi connectivity index (χ4v) is 1.71. The minimum atomic E-state index is -0.881. The summed E-state index contributed by atoms with van der Waals surface area (Å²) in [5.41, 5.74) is 0.950. The molecule has 0 aliphatic carbocycles. The molecule has 0 unspecified atom stereocenters. The smallest absolute Gasteiger partial charge is 0.303 e. The Hall–Kier alpha value is -2.04. The first kappa shape index (κ1) is 15.0. The monoisotopic (exact) mass is 265 g/mol. The number of nitrogens with one attached hydrogen (secondary N) is 1. The van der Waals surface area contributed by atoms with Gasteiger partial charge in [-0.15, -0.1) is 0 Å². The summed E-state index contributed by atoms with van der Waals surface area (Å²) in [5.74, 6) is -0.283. The number of benzene rings is 1. The van der Waals surface area contributed by atoms with Crippen molar-refractivity contribution in [2.45, 2.75) is 32.2 Å². The molecule has 0 radical (unpaired) electrons. The first-order valence-corrected chi connectivity index (χ1v) is 6.18. The molecule has 0 bridgehead atoms. The highest BCUT2D eigenvalue weighted by Gasteiger charge is 2.10. The molecule has 5 heteroatoms. The van der Waals surface area contributed by atoms with Crippen molar-refractivity contribution in [3.05, 3.63) is 29.8 Å². The summed E-state index contributed by atoms with van der Waals surface area (Å²) in [4.78, 5) is 22.0. The maximum atomic E-state index is 11.6. The van der Waals surface area contributed by atoms with Crippen LogP contribution >= 0.6 is 0 Å².